The van der Waals surface area contributed by atoms with Crippen molar-refractivity contribution in [3.05, 3.63) is 22.7 Å². The molecular formula is C12H20N4O2. The van der Waals surface area contributed by atoms with Gasteiger partial charge in [0.2, 0.25) is 0 Å². The Kier molecular flexibility index (Phi) is 4.72. The van der Waals surface area contributed by atoms with E-state index < -0.39 is 0 Å². The second-order valence-corrected chi connectivity index (χ2v) is 4.44. The molecule has 18 heavy (non-hydrogen) atoms. The van der Waals surface area contributed by atoms with E-state index in [1.165, 1.54) is 4.57 Å². The van der Waals surface area contributed by atoms with E-state index in [1.54, 1.807) is 19.4 Å². The van der Waals surface area contributed by atoms with Crippen molar-refractivity contribution in [2.45, 2.75) is 18.9 Å². The van der Waals surface area contributed by atoms with Crippen LogP contribution in [0.2, 0.25) is 0 Å². The van der Waals surface area contributed by atoms with Gasteiger partial charge in [0.1, 0.15) is 0 Å². The van der Waals surface area contributed by atoms with Crippen molar-refractivity contribution < 1.29 is 4.74 Å². The lowest BCUT2D eigenvalue weighted by atomic mass is 10.1. The summed E-state index contributed by atoms with van der Waals surface area (Å²) < 4.78 is 7.24. The van der Waals surface area contributed by atoms with Gasteiger partial charge in [-0.1, -0.05) is 0 Å². The van der Waals surface area contributed by atoms with Crippen LogP contribution in [-0.2, 0) is 11.8 Å². The van der Waals surface area contributed by atoms with Crippen LogP contribution in [0, 0.1) is 0 Å². The van der Waals surface area contributed by atoms with Gasteiger partial charge in [0.15, 0.2) is 5.82 Å². The lowest BCUT2D eigenvalue weighted by Crippen LogP contribution is -2.33. The molecule has 6 heteroatoms. The lowest BCUT2D eigenvalue weighted by Gasteiger charge is -2.22. The van der Waals surface area contributed by atoms with Crippen LogP contribution in [0.25, 0.3) is 0 Å². The zero-order valence-corrected chi connectivity index (χ0v) is 10.7. The zero-order valence-electron chi connectivity index (χ0n) is 10.7. The number of hydrogen-bond donors (Lipinski definition) is 2. The molecule has 0 atom stereocenters. The Labute approximate surface area is 106 Å². The first-order valence-electron chi connectivity index (χ1n) is 6.35. The number of hydrogen-bond acceptors (Lipinski definition) is 5. The molecule has 0 bridgehead atoms. The van der Waals surface area contributed by atoms with Gasteiger partial charge in [0.25, 0.3) is 5.56 Å². The van der Waals surface area contributed by atoms with E-state index in [4.69, 9.17) is 4.74 Å². The van der Waals surface area contributed by atoms with E-state index in [2.05, 4.69) is 15.6 Å². The molecule has 1 saturated heterocycles. The fourth-order valence-electron chi connectivity index (χ4n) is 1.98. The number of piperidine rings is 1. The Balaban J connectivity index is 1.71. The molecule has 1 aliphatic heterocycles. The Bertz CT molecular complexity index is 426. The quantitative estimate of drug-likeness (QED) is 0.720. The number of nitrogens with one attached hydrogen (secondary N) is 2. The molecule has 0 aliphatic carbocycles. The molecule has 0 spiro atoms. The summed E-state index contributed by atoms with van der Waals surface area (Å²) in [6.07, 6.45) is 5.72. The van der Waals surface area contributed by atoms with E-state index in [1.807, 2.05) is 0 Å². The largest absolute Gasteiger partial charge is 0.376 e. The van der Waals surface area contributed by atoms with Gasteiger partial charge in [-0.2, -0.15) is 0 Å². The molecular weight excluding hydrogens is 232 g/mol. The van der Waals surface area contributed by atoms with Crippen molar-refractivity contribution in [1.82, 2.24) is 14.9 Å². The number of rotatable bonds is 5. The van der Waals surface area contributed by atoms with Gasteiger partial charge in [-0.15, -0.1) is 0 Å². The van der Waals surface area contributed by atoms with Crippen LogP contribution in [0.3, 0.4) is 0 Å². The molecule has 2 heterocycles. The minimum absolute atomic E-state index is 0.112. The standard InChI is InChI=1S/C12H20N4O2/c1-16-8-6-14-11(12(16)17)15-7-9-18-10-2-4-13-5-3-10/h6,8,10,13H,2-5,7,9H2,1H3,(H,14,15). The summed E-state index contributed by atoms with van der Waals surface area (Å²) in [5, 5.41) is 6.30. The summed E-state index contributed by atoms with van der Waals surface area (Å²) in [7, 11) is 1.71. The van der Waals surface area contributed by atoms with Crippen molar-refractivity contribution in [2.24, 2.45) is 7.05 Å². The van der Waals surface area contributed by atoms with Crippen LogP contribution in [0.1, 0.15) is 12.8 Å². The third kappa shape index (κ3) is 3.54. The Morgan fingerprint density at radius 2 is 2.33 bits per heavy atom. The van der Waals surface area contributed by atoms with Crippen LogP contribution in [0.4, 0.5) is 5.82 Å². The number of nitrogens with zero attached hydrogens (tertiary/aromatic N) is 2. The van der Waals surface area contributed by atoms with Crippen LogP contribution >= 0.6 is 0 Å². The Morgan fingerprint density at radius 3 is 3.11 bits per heavy atom. The second kappa shape index (κ2) is 6.51. The third-order valence-corrected chi connectivity index (χ3v) is 3.05. The van der Waals surface area contributed by atoms with Crippen molar-refractivity contribution in [2.75, 3.05) is 31.6 Å². The minimum atomic E-state index is -0.112. The van der Waals surface area contributed by atoms with Gasteiger partial charge in [-0.3, -0.25) is 4.79 Å². The molecule has 1 aromatic rings. The first-order valence-corrected chi connectivity index (χ1v) is 6.35. The van der Waals surface area contributed by atoms with Gasteiger partial charge in [0, 0.05) is 26.0 Å². The highest BCUT2D eigenvalue weighted by Crippen LogP contribution is 2.06. The summed E-state index contributed by atoms with van der Waals surface area (Å²) >= 11 is 0. The molecule has 0 radical (unpaired) electrons. The van der Waals surface area contributed by atoms with Crippen molar-refractivity contribution in [3.8, 4) is 0 Å². The van der Waals surface area contributed by atoms with Crippen molar-refractivity contribution in [1.29, 1.82) is 0 Å². The molecule has 1 aromatic heterocycles. The van der Waals surface area contributed by atoms with Crippen LogP contribution in [-0.4, -0.2) is 41.9 Å². The Morgan fingerprint density at radius 1 is 1.56 bits per heavy atom. The van der Waals surface area contributed by atoms with Crippen LogP contribution in [0.15, 0.2) is 17.2 Å². The van der Waals surface area contributed by atoms with Gasteiger partial charge in [-0.05, 0) is 25.9 Å². The third-order valence-electron chi connectivity index (χ3n) is 3.05. The minimum Gasteiger partial charge on any atom is -0.376 e. The highest BCUT2D eigenvalue weighted by Gasteiger charge is 2.12. The molecule has 2 rings (SSSR count). The molecule has 0 saturated carbocycles. The molecule has 0 aromatic carbocycles. The lowest BCUT2D eigenvalue weighted by molar-refractivity contribution is 0.0394. The molecule has 1 fully saturated rings. The van der Waals surface area contributed by atoms with E-state index in [0.717, 1.165) is 25.9 Å². The monoisotopic (exact) mass is 252 g/mol. The molecule has 6 nitrogen and oxygen atoms in total. The smallest absolute Gasteiger partial charge is 0.293 e. The summed E-state index contributed by atoms with van der Waals surface area (Å²) in [5.74, 6) is 0.383. The van der Waals surface area contributed by atoms with Gasteiger partial charge < -0.3 is 19.9 Å². The number of aryl methyl sites for hydroxylation is 1. The topological polar surface area (TPSA) is 68.2 Å². The molecule has 2 N–H and O–H groups in total. The normalized spacial score (nSPS) is 16.7. The zero-order chi connectivity index (χ0) is 12.8. The van der Waals surface area contributed by atoms with E-state index in [0.29, 0.717) is 25.1 Å². The van der Waals surface area contributed by atoms with Crippen LogP contribution in [0.5, 0.6) is 0 Å². The highest BCUT2D eigenvalue weighted by molar-refractivity contribution is 5.30. The second-order valence-electron chi connectivity index (χ2n) is 4.44. The van der Waals surface area contributed by atoms with Gasteiger partial charge in [-0.25, -0.2) is 4.98 Å². The first-order chi connectivity index (χ1) is 8.77. The molecule has 0 unspecified atom stereocenters. The van der Waals surface area contributed by atoms with E-state index in [-0.39, 0.29) is 5.56 Å². The van der Waals surface area contributed by atoms with Gasteiger partial charge >= 0.3 is 0 Å². The summed E-state index contributed by atoms with van der Waals surface area (Å²) in [4.78, 5) is 15.7. The fourth-order valence-corrected chi connectivity index (χ4v) is 1.98. The number of ether oxygens (including phenoxy) is 1. The highest BCUT2D eigenvalue weighted by atomic mass is 16.5. The van der Waals surface area contributed by atoms with Crippen molar-refractivity contribution >= 4 is 5.82 Å². The predicted molar refractivity (Wildman–Crippen MR) is 69.8 cm³/mol. The molecule has 0 amide bonds. The molecule has 1 aliphatic rings. The van der Waals surface area contributed by atoms with Crippen LogP contribution < -0.4 is 16.2 Å². The first kappa shape index (κ1) is 13.0. The fraction of sp³-hybridized carbons (Fsp3) is 0.667. The maximum Gasteiger partial charge on any atom is 0.293 e. The number of anilines is 1. The van der Waals surface area contributed by atoms with Crippen molar-refractivity contribution in [3.63, 3.8) is 0 Å². The predicted octanol–water partition coefficient (Wildman–Crippen LogP) is -0.0392. The SMILES string of the molecule is Cn1ccnc(NCCOC2CCNCC2)c1=O. The van der Waals surface area contributed by atoms with Gasteiger partial charge in [0.05, 0.1) is 12.7 Å². The Hall–Kier alpha value is -1.40. The average Bonchev–Trinajstić information content (AvgIpc) is 2.40. The maximum atomic E-state index is 11.7. The summed E-state index contributed by atoms with van der Waals surface area (Å²) in [5.41, 5.74) is -0.112. The molecule has 100 valence electrons. The number of aromatic nitrogens is 2. The van der Waals surface area contributed by atoms with E-state index in [9.17, 15) is 4.79 Å². The maximum absolute atomic E-state index is 11.7. The van der Waals surface area contributed by atoms with E-state index >= 15 is 0 Å². The summed E-state index contributed by atoms with van der Waals surface area (Å²) in [6, 6.07) is 0. The summed E-state index contributed by atoms with van der Waals surface area (Å²) in [6.45, 7) is 3.26. The average molecular weight is 252 g/mol.